The number of alkyl halides is 1. The van der Waals surface area contributed by atoms with Crippen LogP contribution in [0, 0.1) is 3.57 Å². The highest BCUT2D eigenvalue weighted by atomic mass is 127. The van der Waals surface area contributed by atoms with E-state index in [4.69, 9.17) is 4.74 Å². The third-order valence-electron chi connectivity index (χ3n) is 3.46. The minimum absolute atomic E-state index is 0.0465. The number of hydrogen-bond donors (Lipinski definition) is 0. The predicted molar refractivity (Wildman–Crippen MR) is 128 cm³/mol. The Morgan fingerprint density at radius 2 is 1.85 bits per heavy atom. The molecule has 0 spiro atoms. The summed E-state index contributed by atoms with van der Waals surface area (Å²) in [7, 11) is 0. The minimum Gasteiger partial charge on any atom is -0.489 e. The highest BCUT2D eigenvalue weighted by Gasteiger charge is 2.01. The molecule has 0 aliphatic heterocycles. The highest BCUT2D eigenvalue weighted by Crippen LogP contribution is 2.21. The molecule has 140 valence electrons. The minimum atomic E-state index is 0.0465. The van der Waals surface area contributed by atoms with E-state index < -0.39 is 0 Å². The summed E-state index contributed by atoms with van der Waals surface area (Å²) >= 11 is 4.66. The molecule has 0 bridgehead atoms. The van der Waals surface area contributed by atoms with Crippen LogP contribution in [0.1, 0.15) is 44.2 Å². The van der Waals surface area contributed by atoms with Crippen molar-refractivity contribution in [3.8, 4) is 5.75 Å². The molecule has 2 nitrogen and oxygen atoms in total. The standard InChI is InChI=1S/C17H15IO2.C5H11I/c1-13(19)7-8-15-9-10-16(11-17(15)18)20-12-14-5-3-2-4-6-14;1-2-3-4-5-6/h2-11H,12H2,1H3;2-5H2,1H3. The molecule has 0 heterocycles. The van der Waals surface area contributed by atoms with Gasteiger partial charge in [-0.15, -0.1) is 0 Å². The lowest BCUT2D eigenvalue weighted by Crippen LogP contribution is -1.95. The maximum atomic E-state index is 10.9. The number of carbonyl (C=O) groups is 1. The normalized spacial score (nSPS) is 10.3. The van der Waals surface area contributed by atoms with Crippen molar-refractivity contribution in [2.24, 2.45) is 0 Å². The van der Waals surface area contributed by atoms with Gasteiger partial charge in [0.2, 0.25) is 0 Å². The zero-order chi connectivity index (χ0) is 19.2. The van der Waals surface area contributed by atoms with Crippen LogP contribution < -0.4 is 4.74 Å². The van der Waals surface area contributed by atoms with Crippen molar-refractivity contribution in [1.82, 2.24) is 0 Å². The van der Waals surface area contributed by atoms with Gasteiger partial charge >= 0.3 is 0 Å². The van der Waals surface area contributed by atoms with Crippen LogP contribution >= 0.6 is 45.2 Å². The van der Waals surface area contributed by atoms with Gasteiger partial charge in [0, 0.05) is 3.57 Å². The Bertz CT molecular complexity index is 678. The fraction of sp³-hybridized carbons (Fsp3) is 0.318. The van der Waals surface area contributed by atoms with Crippen molar-refractivity contribution in [2.75, 3.05) is 4.43 Å². The van der Waals surface area contributed by atoms with Crippen molar-refractivity contribution in [2.45, 2.75) is 39.7 Å². The summed E-state index contributed by atoms with van der Waals surface area (Å²) in [5.41, 5.74) is 2.16. The molecule has 0 N–H and O–H groups in total. The number of allylic oxidation sites excluding steroid dienone is 1. The zero-order valence-electron chi connectivity index (χ0n) is 15.4. The highest BCUT2D eigenvalue weighted by molar-refractivity contribution is 14.1. The first-order valence-electron chi connectivity index (χ1n) is 8.77. The average Bonchev–Trinajstić information content (AvgIpc) is 2.65. The molecule has 2 aromatic carbocycles. The summed E-state index contributed by atoms with van der Waals surface area (Å²) < 4.78 is 8.14. The number of ketones is 1. The lowest BCUT2D eigenvalue weighted by atomic mass is 10.2. The van der Waals surface area contributed by atoms with Crippen LogP contribution in [0.25, 0.3) is 6.08 Å². The summed E-state index contributed by atoms with van der Waals surface area (Å²) in [5, 5.41) is 0. The molecule has 0 radical (unpaired) electrons. The molecular formula is C22H26I2O2. The van der Waals surface area contributed by atoms with Gasteiger partial charge in [-0.2, -0.15) is 0 Å². The van der Waals surface area contributed by atoms with Crippen molar-refractivity contribution in [3.63, 3.8) is 0 Å². The second-order valence-electron chi connectivity index (χ2n) is 5.80. The van der Waals surface area contributed by atoms with Gasteiger partial charge in [0.05, 0.1) is 0 Å². The van der Waals surface area contributed by atoms with Crippen LogP contribution in [-0.4, -0.2) is 10.2 Å². The van der Waals surface area contributed by atoms with Gasteiger partial charge in [0.25, 0.3) is 0 Å². The fourth-order valence-corrected chi connectivity index (χ4v) is 3.23. The van der Waals surface area contributed by atoms with Crippen molar-refractivity contribution < 1.29 is 9.53 Å². The van der Waals surface area contributed by atoms with E-state index in [0.717, 1.165) is 20.4 Å². The summed E-state index contributed by atoms with van der Waals surface area (Å²) in [6, 6.07) is 15.9. The molecule has 0 aliphatic rings. The van der Waals surface area contributed by atoms with Gasteiger partial charge in [0.1, 0.15) is 12.4 Å². The quantitative estimate of drug-likeness (QED) is 0.145. The van der Waals surface area contributed by atoms with Gasteiger partial charge in [0.15, 0.2) is 5.78 Å². The molecule has 0 aromatic heterocycles. The molecule has 4 heteroatoms. The van der Waals surface area contributed by atoms with E-state index in [-0.39, 0.29) is 5.78 Å². The Hall–Kier alpha value is -0.890. The SMILES string of the molecule is CC(=O)C=Cc1ccc(OCc2ccccc2)cc1I.CCCCCI. The zero-order valence-corrected chi connectivity index (χ0v) is 19.7. The lowest BCUT2D eigenvalue weighted by molar-refractivity contribution is -0.112. The van der Waals surface area contributed by atoms with Crippen LogP contribution in [0.15, 0.2) is 54.6 Å². The average molecular weight is 576 g/mol. The van der Waals surface area contributed by atoms with E-state index >= 15 is 0 Å². The predicted octanol–water partition coefficient (Wildman–Crippen LogP) is 7.08. The van der Waals surface area contributed by atoms with E-state index in [1.54, 1.807) is 13.0 Å². The van der Waals surface area contributed by atoms with Gasteiger partial charge in [-0.3, -0.25) is 4.79 Å². The molecule has 2 aromatic rings. The van der Waals surface area contributed by atoms with Crippen molar-refractivity contribution in [1.29, 1.82) is 0 Å². The number of ether oxygens (including phenoxy) is 1. The van der Waals surface area contributed by atoms with E-state index in [1.807, 2.05) is 54.6 Å². The van der Waals surface area contributed by atoms with Gasteiger partial charge in [-0.1, -0.05) is 84.8 Å². The number of carbonyl (C=O) groups excluding carboxylic acids is 1. The van der Waals surface area contributed by atoms with E-state index in [2.05, 4.69) is 52.1 Å². The summed E-state index contributed by atoms with van der Waals surface area (Å²) in [6.07, 6.45) is 7.55. The summed E-state index contributed by atoms with van der Waals surface area (Å²) in [6.45, 7) is 4.33. The number of benzene rings is 2. The molecular weight excluding hydrogens is 550 g/mol. The monoisotopic (exact) mass is 576 g/mol. The largest absolute Gasteiger partial charge is 0.489 e. The molecule has 0 unspecified atom stereocenters. The molecule has 2 rings (SSSR count). The second-order valence-corrected chi connectivity index (χ2v) is 8.04. The summed E-state index contributed by atoms with van der Waals surface area (Å²) in [5.74, 6) is 0.878. The first-order valence-corrected chi connectivity index (χ1v) is 11.4. The van der Waals surface area contributed by atoms with Crippen molar-refractivity contribution >= 4 is 57.0 Å². The Kier molecular flexibility index (Phi) is 12.6. The van der Waals surface area contributed by atoms with Crippen LogP contribution in [0.2, 0.25) is 0 Å². The Balaban J connectivity index is 0.000000487. The first kappa shape index (κ1) is 23.1. The Labute approximate surface area is 184 Å². The van der Waals surface area contributed by atoms with Gasteiger partial charge < -0.3 is 4.74 Å². The Morgan fingerprint density at radius 1 is 1.12 bits per heavy atom. The Morgan fingerprint density at radius 3 is 2.38 bits per heavy atom. The number of rotatable bonds is 8. The molecule has 0 saturated carbocycles. The van der Waals surface area contributed by atoms with Crippen LogP contribution in [-0.2, 0) is 11.4 Å². The van der Waals surface area contributed by atoms with Crippen LogP contribution in [0.3, 0.4) is 0 Å². The summed E-state index contributed by atoms with van der Waals surface area (Å²) in [4.78, 5) is 10.9. The topological polar surface area (TPSA) is 26.3 Å². The molecule has 0 saturated heterocycles. The van der Waals surface area contributed by atoms with E-state index in [1.165, 1.54) is 23.7 Å². The second kappa shape index (κ2) is 14.2. The van der Waals surface area contributed by atoms with E-state index in [9.17, 15) is 4.79 Å². The van der Waals surface area contributed by atoms with Crippen LogP contribution in [0.4, 0.5) is 0 Å². The molecule has 0 atom stereocenters. The molecule has 0 amide bonds. The maximum absolute atomic E-state index is 10.9. The third kappa shape index (κ3) is 10.3. The van der Waals surface area contributed by atoms with E-state index in [0.29, 0.717) is 6.61 Å². The molecule has 0 aliphatic carbocycles. The lowest BCUT2D eigenvalue weighted by Gasteiger charge is -2.08. The first-order chi connectivity index (χ1) is 12.6. The smallest absolute Gasteiger partial charge is 0.152 e. The van der Waals surface area contributed by atoms with Gasteiger partial charge in [-0.05, 0) is 69.7 Å². The van der Waals surface area contributed by atoms with Gasteiger partial charge in [-0.25, -0.2) is 0 Å². The maximum Gasteiger partial charge on any atom is 0.152 e. The molecule has 0 fully saturated rings. The third-order valence-corrected chi connectivity index (χ3v) is 5.15. The van der Waals surface area contributed by atoms with Crippen molar-refractivity contribution in [3.05, 3.63) is 69.3 Å². The number of hydrogen-bond acceptors (Lipinski definition) is 2. The number of unbranched alkanes of at least 4 members (excludes halogenated alkanes) is 2. The van der Waals surface area contributed by atoms with Crippen LogP contribution in [0.5, 0.6) is 5.75 Å². The number of halogens is 2. The molecule has 26 heavy (non-hydrogen) atoms. The fourth-order valence-electron chi connectivity index (χ4n) is 2.03.